The van der Waals surface area contributed by atoms with Gasteiger partial charge in [0, 0.05) is 0 Å². The van der Waals surface area contributed by atoms with Crippen molar-refractivity contribution in [2.45, 2.75) is 6.92 Å². The Balaban J connectivity index is 3.50. The van der Waals surface area contributed by atoms with Crippen molar-refractivity contribution in [3.05, 3.63) is 11.0 Å². The van der Waals surface area contributed by atoms with Gasteiger partial charge < -0.3 is 0 Å². The summed E-state index contributed by atoms with van der Waals surface area (Å²) in [6, 6.07) is 0. The zero-order valence-corrected chi connectivity index (χ0v) is 4.40. The zero-order chi connectivity index (χ0) is 4.99. The van der Waals surface area contributed by atoms with Gasteiger partial charge in [0.25, 0.3) is 0 Å². The Hall–Kier alpha value is -0.240. The molecular weight excluding hydrogens is 96.1 g/mol. The van der Waals surface area contributed by atoms with E-state index < -0.39 is 0 Å². The fourth-order valence-electron chi connectivity index (χ4n) is 0.0304. The summed E-state index contributed by atoms with van der Waals surface area (Å²) < 4.78 is 0. The van der Waals surface area contributed by atoms with Crippen LogP contribution in [0.3, 0.4) is 0 Å². The second kappa shape index (κ2) is 2.97. The minimum Gasteiger partial charge on any atom is -0.298 e. The predicted octanol–water partition coefficient (Wildman–Crippen LogP) is 1.02. The van der Waals surface area contributed by atoms with Gasteiger partial charge >= 0.3 is 0 Å². The largest absolute Gasteiger partial charge is 0.298 e. The van der Waals surface area contributed by atoms with E-state index in [4.69, 9.17) is 0 Å². The normalized spacial score (nSPS) is 11.3. The molecule has 1 nitrogen and oxygen atoms in total. The van der Waals surface area contributed by atoms with Gasteiger partial charge in [-0.3, -0.25) is 4.79 Å². The lowest BCUT2D eigenvalue weighted by Gasteiger charge is -1.72. The minimum atomic E-state index is 0.651. The summed E-state index contributed by atoms with van der Waals surface area (Å²) in [4.78, 5) is 9.62. The fraction of sp³-hybridized carbons (Fsp3) is 0.250. The van der Waals surface area contributed by atoms with Crippen molar-refractivity contribution in [1.29, 1.82) is 0 Å². The molecule has 0 aromatic carbocycles. The van der Waals surface area contributed by atoms with Crippen molar-refractivity contribution in [1.82, 2.24) is 0 Å². The summed E-state index contributed by atoms with van der Waals surface area (Å²) in [5.41, 5.74) is 0.651. The third-order valence-corrected chi connectivity index (χ3v) is 0.797. The highest BCUT2D eigenvalue weighted by Gasteiger charge is 1.73. The van der Waals surface area contributed by atoms with E-state index in [-0.39, 0.29) is 0 Å². The van der Waals surface area contributed by atoms with Crippen molar-refractivity contribution in [3.8, 4) is 0 Å². The van der Waals surface area contributed by atoms with E-state index in [1.165, 1.54) is 5.41 Å². The Morgan fingerprint density at radius 2 is 2.33 bits per heavy atom. The van der Waals surface area contributed by atoms with Crippen LogP contribution in [0.4, 0.5) is 0 Å². The first-order valence-corrected chi connectivity index (χ1v) is 2.09. The molecule has 2 heteroatoms. The Kier molecular flexibility index (Phi) is 2.85. The lowest BCUT2D eigenvalue weighted by atomic mass is 10.4. The molecule has 0 N–H and O–H groups in total. The van der Waals surface area contributed by atoms with E-state index in [0.29, 0.717) is 5.57 Å². The van der Waals surface area contributed by atoms with Crippen molar-refractivity contribution >= 4 is 18.9 Å². The number of allylic oxidation sites excluding steroid dienone is 1. The molecular formula is C4H6OS. The second-order valence-electron chi connectivity index (χ2n) is 0.991. The summed E-state index contributed by atoms with van der Waals surface area (Å²) in [7, 11) is 0. The van der Waals surface area contributed by atoms with E-state index in [0.717, 1.165) is 6.29 Å². The first-order chi connectivity index (χ1) is 2.81. The summed E-state index contributed by atoms with van der Waals surface area (Å²) in [5.74, 6) is 0. The maximum atomic E-state index is 9.62. The minimum absolute atomic E-state index is 0.651. The molecule has 0 aromatic heterocycles. The molecule has 0 aliphatic carbocycles. The molecule has 0 aromatic rings. The van der Waals surface area contributed by atoms with Gasteiger partial charge in [0.15, 0.2) is 0 Å². The molecule has 0 amide bonds. The molecule has 34 valence electrons. The third kappa shape index (κ3) is 2.03. The number of carbonyl (C=O) groups is 1. The van der Waals surface area contributed by atoms with E-state index in [1.807, 2.05) is 0 Å². The Bertz CT molecular complexity index is 75.6. The summed E-state index contributed by atoms with van der Waals surface area (Å²) in [6.07, 6.45) is 0.757. The van der Waals surface area contributed by atoms with Crippen LogP contribution in [-0.2, 0) is 4.79 Å². The van der Waals surface area contributed by atoms with Crippen LogP contribution in [0.5, 0.6) is 0 Å². The van der Waals surface area contributed by atoms with Crippen molar-refractivity contribution in [2.75, 3.05) is 0 Å². The van der Waals surface area contributed by atoms with Gasteiger partial charge in [0.2, 0.25) is 0 Å². The maximum absolute atomic E-state index is 9.62. The van der Waals surface area contributed by atoms with Crippen molar-refractivity contribution in [3.63, 3.8) is 0 Å². The van der Waals surface area contributed by atoms with E-state index in [2.05, 4.69) is 12.6 Å². The van der Waals surface area contributed by atoms with Gasteiger partial charge in [-0.2, -0.15) is 12.6 Å². The Morgan fingerprint density at radius 3 is 2.33 bits per heavy atom. The van der Waals surface area contributed by atoms with Crippen LogP contribution in [-0.4, -0.2) is 6.29 Å². The Morgan fingerprint density at radius 1 is 1.83 bits per heavy atom. The lowest BCUT2D eigenvalue weighted by molar-refractivity contribution is -0.104. The molecule has 0 fully saturated rings. The molecule has 6 heavy (non-hydrogen) atoms. The molecule has 0 atom stereocenters. The maximum Gasteiger partial charge on any atom is 0.146 e. The smallest absolute Gasteiger partial charge is 0.146 e. The predicted molar refractivity (Wildman–Crippen MR) is 28.8 cm³/mol. The molecule has 0 rings (SSSR count). The molecule has 0 saturated carbocycles. The third-order valence-electron chi connectivity index (χ3n) is 0.390. The molecule has 0 radical (unpaired) electrons. The molecule has 0 unspecified atom stereocenters. The van der Waals surface area contributed by atoms with Crippen LogP contribution >= 0.6 is 12.6 Å². The molecule has 0 aliphatic heterocycles. The molecule has 0 spiro atoms. The van der Waals surface area contributed by atoms with Gasteiger partial charge in [-0.05, 0) is 17.9 Å². The monoisotopic (exact) mass is 102 g/mol. The molecule has 0 aliphatic rings. The standard InChI is InChI=1S/C4H6OS/c1-4(2-5)3-6/h2-3,6H,1H3/b4-3-. The van der Waals surface area contributed by atoms with Crippen molar-refractivity contribution in [2.24, 2.45) is 0 Å². The second-order valence-corrected chi connectivity index (χ2v) is 1.25. The highest BCUT2D eigenvalue weighted by molar-refractivity contribution is 7.83. The number of hydrogen-bond acceptors (Lipinski definition) is 2. The van der Waals surface area contributed by atoms with Gasteiger partial charge in [-0.1, -0.05) is 0 Å². The summed E-state index contributed by atoms with van der Waals surface area (Å²) in [5, 5.41) is 1.47. The molecule has 0 bridgehead atoms. The zero-order valence-electron chi connectivity index (χ0n) is 3.51. The SMILES string of the molecule is C/C(C=O)=C/S. The topological polar surface area (TPSA) is 17.1 Å². The number of carbonyl (C=O) groups excluding carboxylic acids is 1. The fourth-order valence-corrected chi connectivity index (χ4v) is 0.0913. The van der Waals surface area contributed by atoms with Crippen LogP contribution in [0.15, 0.2) is 11.0 Å². The number of hydrogen-bond donors (Lipinski definition) is 1. The number of rotatable bonds is 1. The molecule has 0 saturated heterocycles. The average molecular weight is 102 g/mol. The summed E-state index contributed by atoms with van der Waals surface area (Å²) in [6.45, 7) is 1.69. The lowest BCUT2D eigenvalue weighted by Crippen LogP contribution is -1.68. The quantitative estimate of drug-likeness (QED) is 0.297. The summed E-state index contributed by atoms with van der Waals surface area (Å²) >= 11 is 3.70. The van der Waals surface area contributed by atoms with Crippen LogP contribution < -0.4 is 0 Å². The van der Waals surface area contributed by atoms with Gasteiger partial charge in [-0.15, -0.1) is 0 Å². The van der Waals surface area contributed by atoms with Crippen LogP contribution in [0, 0.1) is 0 Å². The van der Waals surface area contributed by atoms with Crippen LogP contribution in [0.1, 0.15) is 6.92 Å². The highest BCUT2D eigenvalue weighted by atomic mass is 32.1. The van der Waals surface area contributed by atoms with Gasteiger partial charge in [0.1, 0.15) is 6.29 Å². The van der Waals surface area contributed by atoms with Gasteiger partial charge in [-0.25, -0.2) is 0 Å². The van der Waals surface area contributed by atoms with Crippen LogP contribution in [0.25, 0.3) is 0 Å². The van der Waals surface area contributed by atoms with Gasteiger partial charge in [0.05, 0.1) is 0 Å². The van der Waals surface area contributed by atoms with Crippen LogP contribution in [0.2, 0.25) is 0 Å². The first kappa shape index (κ1) is 5.76. The van der Waals surface area contributed by atoms with E-state index in [9.17, 15) is 4.79 Å². The Labute approximate surface area is 42.5 Å². The highest BCUT2D eigenvalue weighted by Crippen LogP contribution is 1.85. The number of thiol groups is 1. The molecule has 0 heterocycles. The number of aldehydes is 1. The van der Waals surface area contributed by atoms with Crippen molar-refractivity contribution < 1.29 is 4.79 Å². The first-order valence-electron chi connectivity index (χ1n) is 1.57. The van der Waals surface area contributed by atoms with E-state index in [1.54, 1.807) is 6.92 Å². The average Bonchev–Trinajstić information content (AvgIpc) is 1.65. The van der Waals surface area contributed by atoms with E-state index >= 15 is 0 Å².